The molecule has 6 nitrogen and oxygen atoms in total. The summed E-state index contributed by atoms with van der Waals surface area (Å²) in [6.07, 6.45) is 3.16. The Morgan fingerprint density at radius 3 is 2.75 bits per heavy atom. The Kier molecular flexibility index (Phi) is 6.22. The first-order valence-electron chi connectivity index (χ1n) is 5.60. The van der Waals surface area contributed by atoms with Crippen molar-refractivity contribution in [3.8, 4) is 0 Å². The van der Waals surface area contributed by atoms with Crippen molar-refractivity contribution >= 4 is 10.2 Å². The van der Waals surface area contributed by atoms with Gasteiger partial charge in [-0.1, -0.05) is 0 Å². The van der Waals surface area contributed by atoms with E-state index in [1.807, 2.05) is 0 Å². The van der Waals surface area contributed by atoms with E-state index in [-0.39, 0.29) is 0 Å². The minimum Gasteiger partial charge on any atom is -0.383 e. The maximum atomic E-state index is 11.4. The molecule has 7 heteroatoms. The Hall–Kier alpha value is -0.210. The summed E-state index contributed by atoms with van der Waals surface area (Å²) in [6.45, 7) is 2.20. The van der Waals surface area contributed by atoms with Gasteiger partial charge in [-0.15, -0.1) is 0 Å². The van der Waals surface area contributed by atoms with Crippen LogP contribution in [0.4, 0.5) is 0 Å². The summed E-state index contributed by atoms with van der Waals surface area (Å²) >= 11 is 0. The van der Waals surface area contributed by atoms with E-state index in [1.54, 1.807) is 0 Å². The van der Waals surface area contributed by atoms with E-state index in [4.69, 9.17) is 4.74 Å². The molecular weight excluding hydrogens is 230 g/mol. The highest BCUT2D eigenvalue weighted by Crippen LogP contribution is 2.07. The highest BCUT2D eigenvalue weighted by atomic mass is 32.2. The zero-order valence-corrected chi connectivity index (χ0v) is 10.5. The summed E-state index contributed by atoms with van der Waals surface area (Å²) in [4.78, 5) is 0. The Balaban J connectivity index is 2.09. The summed E-state index contributed by atoms with van der Waals surface area (Å²) in [6, 6.07) is 0.460. The fraction of sp³-hybridized carbons (Fsp3) is 1.00. The van der Waals surface area contributed by atoms with E-state index >= 15 is 0 Å². The number of nitrogens with one attached hydrogen (secondary N) is 3. The first-order valence-corrected chi connectivity index (χ1v) is 7.09. The van der Waals surface area contributed by atoms with Crippen LogP contribution in [-0.4, -0.2) is 47.8 Å². The van der Waals surface area contributed by atoms with E-state index in [1.165, 1.54) is 13.5 Å². The molecule has 1 fully saturated rings. The maximum Gasteiger partial charge on any atom is 0.276 e. The van der Waals surface area contributed by atoms with Gasteiger partial charge in [-0.05, 0) is 25.8 Å². The summed E-state index contributed by atoms with van der Waals surface area (Å²) in [5.41, 5.74) is 0. The molecule has 96 valence electrons. The Morgan fingerprint density at radius 2 is 2.12 bits per heavy atom. The van der Waals surface area contributed by atoms with Crippen LogP contribution in [0.3, 0.4) is 0 Å². The molecule has 0 aromatic rings. The molecule has 0 aromatic heterocycles. The van der Waals surface area contributed by atoms with Gasteiger partial charge in [0.1, 0.15) is 0 Å². The monoisotopic (exact) mass is 251 g/mol. The van der Waals surface area contributed by atoms with Gasteiger partial charge in [-0.25, -0.2) is 4.72 Å². The van der Waals surface area contributed by atoms with Gasteiger partial charge in [0.15, 0.2) is 0 Å². The Bertz CT molecular complexity index is 276. The summed E-state index contributed by atoms with van der Waals surface area (Å²) in [7, 11) is -1.82. The molecular formula is C9H21N3O3S. The van der Waals surface area contributed by atoms with E-state index in [0.717, 1.165) is 19.4 Å². The van der Waals surface area contributed by atoms with Crippen LogP contribution in [0.15, 0.2) is 0 Å². The van der Waals surface area contributed by atoms with Crippen molar-refractivity contribution in [2.24, 2.45) is 0 Å². The second-order valence-corrected chi connectivity index (χ2v) is 5.45. The average Bonchev–Trinajstić information content (AvgIpc) is 2.70. The SMILES string of the molecule is COCCNS(=O)(=O)NCC[C@H]1CCCN1. The van der Waals surface area contributed by atoms with Gasteiger partial charge < -0.3 is 10.1 Å². The number of rotatable bonds is 8. The van der Waals surface area contributed by atoms with Crippen molar-refractivity contribution in [3.05, 3.63) is 0 Å². The Labute approximate surface area is 97.3 Å². The van der Waals surface area contributed by atoms with Crippen molar-refractivity contribution in [1.82, 2.24) is 14.8 Å². The van der Waals surface area contributed by atoms with Crippen LogP contribution in [0.5, 0.6) is 0 Å². The predicted octanol–water partition coefficient (Wildman–Crippen LogP) is -0.801. The molecule has 0 aromatic carbocycles. The highest BCUT2D eigenvalue weighted by Gasteiger charge is 2.15. The fourth-order valence-corrected chi connectivity index (χ4v) is 2.54. The molecule has 1 aliphatic heterocycles. The molecule has 0 amide bonds. The highest BCUT2D eigenvalue weighted by molar-refractivity contribution is 7.87. The van der Waals surface area contributed by atoms with Crippen molar-refractivity contribution in [2.45, 2.75) is 25.3 Å². The fourth-order valence-electron chi connectivity index (χ4n) is 1.70. The predicted molar refractivity (Wildman–Crippen MR) is 62.4 cm³/mol. The van der Waals surface area contributed by atoms with Crippen LogP contribution < -0.4 is 14.8 Å². The summed E-state index contributed by atoms with van der Waals surface area (Å²) < 4.78 is 32.4. The van der Waals surface area contributed by atoms with Gasteiger partial charge in [0, 0.05) is 26.2 Å². The summed E-state index contributed by atoms with van der Waals surface area (Å²) in [5.74, 6) is 0. The van der Waals surface area contributed by atoms with Crippen LogP contribution in [0, 0.1) is 0 Å². The van der Waals surface area contributed by atoms with Crippen molar-refractivity contribution in [1.29, 1.82) is 0 Å². The van der Waals surface area contributed by atoms with Gasteiger partial charge in [-0.2, -0.15) is 13.1 Å². The number of methoxy groups -OCH3 is 1. The van der Waals surface area contributed by atoms with Crippen LogP contribution in [0.25, 0.3) is 0 Å². The zero-order valence-electron chi connectivity index (χ0n) is 9.66. The minimum absolute atomic E-state index is 0.299. The molecule has 1 heterocycles. The molecule has 1 atom stereocenters. The smallest absolute Gasteiger partial charge is 0.276 e. The first kappa shape index (κ1) is 13.9. The third-order valence-electron chi connectivity index (χ3n) is 2.55. The van der Waals surface area contributed by atoms with E-state index < -0.39 is 10.2 Å². The molecule has 0 spiro atoms. The third kappa shape index (κ3) is 5.76. The standard InChI is InChI=1S/C9H21N3O3S/c1-15-8-7-12-16(13,14)11-6-4-9-3-2-5-10-9/h9-12H,2-8H2,1H3/t9-/m1/s1. The largest absolute Gasteiger partial charge is 0.383 e. The minimum atomic E-state index is -3.35. The van der Waals surface area contributed by atoms with Crippen LogP contribution in [-0.2, 0) is 14.9 Å². The molecule has 0 saturated carbocycles. The van der Waals surface area contributed by atoms with E-state index in [2.05, 4.69) is 14.8 Å². The molecule has 0 unspecified atom stereocenters. The van der Waals surface area contributed by atoms with Crippen LogP contribution >= 0.6 is 0 Å². The maximum absolute atomic E-state index is 11.4. The lowest BCUT2D eigenvalue weighted by molar-refractivity contribution is 0.204. The van der Waals surface area contributed by atoms with Crippen molar-refractivity contribution in [2.75, 3.05) is 33.4 Å². The quantitative estimate of drug-likeness (QED) is 0.493. The second-order valence-electron chi connectivity index (χ2n) is 3.87. The number of ether oxygens (including phenoxy) is 1. The molecule has 1 saturated heterocycles. The normalized spacial score (nSPS) is 21.4. The molecule has 0 aliphatic carbocycles. The first-order chi connectivity index (χ1) is 7.64. The van der Waals surface area contributed by atoms with Gasteiger partial charge in [0.25, 0.3) is 10.2 Å². The van der Waals surface area contributed by atoms with Crippen molar-refractivity contribution in [3.63, 3.8) is 0 Å². The van der Waals surface area contributed by atoms with Crippen molar-refractivity contribution < 1.29 is 13.2 Å². The Morgan fingerprint density at radius 1 is 1.38 bits per heavy atom. The van der Waals surface area contributed by atoms with E-state index in [0.29, 0.717) is 25.7 Å². The van der Waals surface area contributed by atoms with Crippen LogP contribution in [0.1, 0.15) is 19.3 Å². The van der Waals surface area contributed by atoms with Crippen LogP contribution in [0.2, 0.25) is 0 Å². The second kappa shape index (κ2) is 7.18. The van der Waals surface area contributed by atoms with Gasteiger partial charge >= 0.3 is 0 Å². The lowest BCUT2D eigenvalue weighted by Crippen LogP contribution is -2.40. The molecule has 3 N–H and O–H groups in total. The topological polar surface area (TPSA) is 79.5 Å². The number of hydrogen-bond donors (Lipinski definition) is 3. The average molecular weight is 251 g/mol. The lowest BCUT2D eigenvalue weighted by atomic mass is 10.2. The van der Waals surface area contributed by atoms with Gasteiger partial charge in [-0.3, -0.25) is 0 Å². The van der Waals surface area contributed by atoms with Gasteiger partial charge in [0.05, 0.1) is 6.61 Å². The summed E-state index contributed by atoms with van der Waals surface area (Å²) in [5, 5.41) is 3.32. The van der Waals surface area contributed by atoms with Gasteiger partial charge in [0.2, 0.25) is 0 Å². The third-order valence-corrected chi connectivity index (χ3v) is 3.71. The van der Waals surface area contributed by atoms with E-state index in [9.17, 15) is 8.42 Å². The zero-order chi connectivity index (χ0) is 11.9. The lowest BCUT2D eigenvalue weighted by Gasteiger charge is -2.11. The molecule has 0 bridgehead atoms. The molecule has 0 radical (unpaired) electrons. The number of hydrogen-bond acceptors (Lipinski definition) is 4. The molecule has 1 aliphatic rings. The molecule has 1 rings (SSSR count). The molecule has 16 heavy (non-hydrogen) atoms.